The van der Waals surface area contributed by atoms with Crippen LogP contribution in [0.2, 0.25) is 0 Å². The van der Waals surface area contributed by atoms with E-state index < -0.39 is 42.5 Å². The van der Waals surface area contributed by atoms with E-state index in [1.807, 2.05) is 0 Å². The summed E-state index contributed by atoms with van der Waals surface area (Å²) in [7, 11) is 0. The molecule has 3 aromatic heterocycles. The molecule has 3 aromatic rings. The molecule has 14 heteroatoms. The monoisotopic (exact) mass is 492 g/mol. The molecule has 0 aliphatic carbocycles. The van der Waals surface area contributed by atoms with Gasteiger partial charge in [-0.15, -0.1) is 5.10 Å². The van der Waals surface area contributed by atoms with Crippen LogP contribution in [0.1, 0.15) is 23.2 Å². The van der Waals surface area contributed by atoms with E-state index in [2.05, 4.69) is 20.4 Å². The highest BCUT2D eigenvalue weighted by Crippen LogP contribution is 2.35. The van der Waals surface area contributed by atoms with Gasteiger partial charge in [0.05, 0.1) is 43.6 Å². The molecule has 5 rings (SSSR count). The normalized spacial score (nSPS) is 17.9. The molecule has 2 amide bonds. The van der Waals surface area contributed by atoms with Gasteiger partial charge >= 0.3 is 0 Å². The summed E-state index contributed by atoms with van der Waals surface area (Å²) in [4.78, 5) is 35.9. The summed E-state index contributed by atoms with van der Waals surface area (Å²) in [5.41, 5.74) is 5.86. The second kappa shape index (κ2) is 8.36. The van der Waals surface area contributed by atoms with Crippen molar-refractivity contribution in [3.05, 3.63) is 42.0 Å². The number of hydrogen-bond acceptors (Lipinski definition) is 7. The lowest BCUT2D eigenvalue weighted by Gasteiger charge is -2.42. The van der Waals surface area contributed by atoms with Crippen LogP contribution < -0.4 is 16.0 Å². The minimum atomic E-state index is -2.84. The highest BCUT2D eigenvalue weighted by Gasteiger charge is 2.47. The average molecular weight is 492 g/mol. The Morgan fingerprint density at radius 1 is 1.11 bits per heavy atom. The minimum absolute atomic E-state index is 0.0169. The van der Waals surface area contributed by atoms with Crippen molar-refractivity contribution in [1.82, 2.24) is 24.5 Å². The van der Waals surface area contributed by atoms with E-state index in [0.29, 0.717) is 12.8 Å². The number of nitrogens with zero attached hydrogens (tertiary/aromatic N) is 6. The Morgan fingerprint density at radius 2 is 1.83 bits per heavy atom. The number of alkyl halides is 2. The molecule has 2 fully saturated rings. The Labute approximate surface area is 195 Å². The predicted octanol–water partition coefficient (Wildman–Crippen LogP) is 1.93. The highest BCUT2D eigenvalue weighted by atomic mass is 19.3. The first-order valence-corrected chi connectivity index (χ1v) is 10.8. The number of nitrogen functional groups attached to an aromatic ring is 1. The number of piperidine rings is 1. The molecule has 0 radical (unpaired) electrons. The van der Waals surface area contributed by atoms with Gasteiger partial charge in [0.25, 0.3) is 11.8 Å². The Balaban J connectivity index is 1.33. The maximum absolute atomic E-state index is 14.8. The Kier molecular flexibility index (Phi) is 5.44. The second-order valence-corrected chi connectivity index (χ2v) is 8.58. The van der Waals surface area contributed by atoms with Gasteiger partial charge in [-0.3, -0.25) is 14.6 Å². The largest absolute Gasteiger partial charge is 0.381 e. The lowest BCUT2D eigenvalue weighted by Crippen LogP contribution is -2.60. The number of carbonyl (C=O) groups excluding carboxylic acids is 2. The quantitative estimate of drug-likeness (QED) is 0.534. The standard InChI is InChI=1S/C21H20F4N8O2/c22-12-5-28-18-15(17(26)30-33(18)8-12)19(34)29-14-7-27-6-13(23)16(14)31-3-1-11(2-4-31)20(35)32-9-21(24,25)10-32/h5-8,11H,1-4,9-10H2,(H2,26,30)(H,29,34). The molecule has 0 unspecified atom stereocenters. The van der Waals surface area contributed by atoms with Crippen molar-refractivity contribution in [2.75, 3.05) is 42.1 Å². The van der Waals surface area contributed by atoms with E-state index in [4.69, 9.17) is 5.73 Å². The topological polar surface area (TPSA) is 122 Å². The van der Waals surface area contributed by atoms with Crippen molar-refractivity contribution in [2.24, 2.45) is 5.92 Å². The lowest BCUT2D eigenvalue weighted by atomic mass is 9.93. The van der Waals surface area contributed by atoms with E-state index in [1.165, 1.54) is 6.20 Å². The molecule has 2 aliphatic heterocycles. The fraction of sp³-hybridized carbons (Fsp3) is 0.381. The highest BCUT2D eigenvalue weighted by molar-refractivity contribution is 6.12. The molecule has 0 saturated carbocycles. The van der Waals surface area contributed by atoms with Crippen molar-refractivity contribution in [1.29, 1.82) is 0 Å². The van der Waals surface area contributed by atoms with Crippen LogP contribution in [0.3, 0.4) is 0 Å². The minimum Gasteiger partial charge on any atom is -0.381 e. The summed E-state index contributed by atoms with van der Waals surface area (Å²) in [6.07, 6.45) is 4.87. The molecule has 10 nitrogen and oxygen atoms in total. The number of amides is 2. The van der Waals surface area contributed by atoms with Crippen molar-refractivity contribution in [3.63, 3.8) is 0 Å². The first-order chi connectivity index (χ1) is 16.6. The molecular formula is C21H20F4N8O2. The summed E-state index contributed by atoms with van der Waals surface area (Å²) in [6, 6.07) is 0. The van der Waals surface area contributed by atoms with Crippen LogP contribution in [0.25, 0.3) is 5.65 Å². The molecule has 35 heavy (non-hydrogen) atoms. The third-order valence-corrected chi connectivity index (χ3v) is 6.13. The third-order valence-electron chi connectivity index (χ3n) is 6.13. The zero-order valence-electron chi connectivity index (χ0n) is 18.2. The average Bonchev–Trinajstić information content (AvgIpc) is 3.12. The summed E-state index contributed by atoms with van der Waals surface area (Å²) in [5, 5.41) is 6.44. The number of fused-ring (bicyclic) bond motifs is 1. The number of likely N-dealkylation sites (tertiary alicyclic amines) is 1. The summed E-state index contributed by atoms with van der Waals surface area (Å²) < 4.78 is 55.5. The Morgan fingerprint density at radius 3 is 2.51 bits per heavy atom. The number of carbonyl (C=O) groups is 2. The van der Waals surface area contributed by atoms with Crippen LogP contribution in [-0.4, -0.2) is 68.4 Å². The molecule has 184 valence electrons. The van der Waals surface area contributed by atoms with Gasteiger partial charge in [-0.1, -0.05) is 0 Å². The van der Waals surface area contributed by atoms with Crippen LogP contribution in [0.5, 0.6) is 0 Å². The van der Waals surface area contributed by atoms with Gasteiger partial charge in [0, 0.05) is 19.0 Å². The third kappa shape index (κ3) is 4.19. The number of nitrogens with one attached hydrogen (secondary N) is 1. The maximum Gasteiger partial charge on any atom is 0.282 e. The van der Waals surface area contributed by atoms with Gasteiger partial charge in [-0.2, -0.15) is 0 Å². The van der Waals surface area contributed by atoms with E-state index in [1.54, 1.807) is 4.90 Å². The summed E-state index contributed by atoms with van der Waals surface area (Å²) >= 11 is 0. The van der Waals surface area contributed by atoms with Crippen LogP contribution >= 0.6 is 0 Å². The molecule has 0 bridgehead atoms. The summed E-state index contributed by atoms with van der Waals surface area (Å²) in [6.45, 7) is -0.612. The molecule has 0 spiro atoms. The number of pyridine rings is 1. The molecule has 0 aromatic carbocycles. The molecule has 3 N–H and O–H groups in total. The summed E-state index contributed by atoms with van der Waals surface area (Å²) in [5.74, 6) is -5.90. The predicted molar refractivity (Wildman–Crippen MR) is 116 cm³/mol. The van der Waals surface area contributed by atoms with Gasteiger partial charge in [0.1, 0.15) is 11.3 Å². The fourth-order valence-electron chi connectivity index (χ4n) is 4.45. The second-order valence-electron chi connectivity index (χ2n) is 8.58. The van der Waals surface area contributed by atoms with Crippen LogP contribution in [0, 0.1) is 17.6 Å². The van der Waals surface area contributed by atoms with Crippen LogP contribution in [0.4, 0.5) is 34.8 Å². The molecule has 2 saturated heterocycles. The zero-order valence-corrected chi connectivity index (χ0v) is 18.2. The molecule has 5 heterocycles. The van der Waals surface area contributed by atoms with E-state index in [-0.39, 0.29) is 47.4 Å². The van der Waals surface area contributed by atoms with Crippen molar-refractivity contribution >= 4 is 34.7 Å². The van der Waals surface area contributed by atoms with E-state index in [0.717, 1.165) is 28.0 Å². The van der Waals surface area contributed by atoms with Gasteiger partial charge in [0.15, 0.2) is 23.1 Å². The fourth-order valence-corrected chi connectivity index (χ4v) is 4.45. The van der Waals surface area contributed by atoms with Crippen LogP contribution in [0.15, 0.2) is 24.8 Å². The van der Waals surface area contributed by atoms with Gasteiger partial charge in [-0.05, 0) is 12.8 Å². The van der Waals surface area contributed by atoms with Crippen molar-refractivity contribution in [2.45, 2.75) is 18.8 Å². The zero-order chi connectivity index (χ0) is 24.9. The number of rotatable bonds is 4. The SMILES string of the molecule is Nc1nn2cc(F)cnc2c1C(=O)Nc1cncc(F)c1N1CCC(C(=O)N2CC(F)(F)C2)CC1. The lowest BCUT2D eigenvalue weighted by molar-refractivity contribution is -0.170. The van der Waals surface area contributed by atoms with Crippen LogP contribution in [-0.2, 0) is 4.79 Å². The van der Waals surface area contributed by atoms with Gasteiger partial charge < -0.3 is 20.9 Å². The molecular weight excluding hydrogens is 472 g/mol. The first kappa shape index (κ1) is 22.8. The number of hydrogen-bond donors (Lipinski definition) is 2. The van der Waals surface area contributed by atoms with Crippen molar-refractivity contribution in [3.8, 4) is 0 Å². The maximum atomic E-state index is 14.8. The molecule has 2 aliphatic rings. The first-order valence-electron chi connectivity index (χ1n) is 10.8. The number of aromatic nitrogens is 4. The van der Waals surface area contributed by atoms with Crippen molar-refractivity contribution < 1.29 is 27.2 Å². The molecule has 0 atom stereocenters. The van der Waals surface area contributed by atoms with E-state index in [9.17, 15) is 27.2 Å². The number of nitrogens with two attached hydrogens (primary N) is 1. The Bertz CT molecular complexity index is 1310. The number of halogens is 4. The Hall–Kier alpha value is -3.97. The smallest absolute Gasteiger partial charge is 0.282 e. The van der Waals surface area contributed by atoms with E-state index >= 15 is 0 Å². The van der Waals surface area contributed by atoms with Gasteiger partial charge in [0.2, 0.25) is 5.91 Å². The number of anilines is 3. The van der Waals surface area contributed by atoms with Gasteiger partial charge in [-0.25, -0.2) is 27.1 Å².